The lowest BCUT2D eigenvalue weighted by Gasteiger charge is -2.38. The Labute approximate surface area is 148 Å². The molecule has 0 amide bonds. The maximum atomic E-state index is 13.9. The van der Waals surface area contributed by atoms with Gasteiger partial charge in [-0.15, -0.1) is 0 Å². The molecule has 1 fully saturated rings. The predicted molar refractivity (Wildman–Crippen MR) is 97.3 cm³/mol. The van der Waals surface area contributed by atoms with Gasteiger partial charge in [0.1, 0.15) is 23.8 Å². The van der Waals surface area contributed by atoms with Crippen molar-refractivity contribution in [3.63, 3.8) is 0 Å². The topological polar surface area (TPSA) is 48.4 Å². The van der Waals surface area contributed by atoms with E-state index in [1.165, 1.54) is 6.20 Å². The van der Waals surface area contributed by atoms with Crippen LogP contribution in [-0.2, 0) is 6.54 Å². The second-order valence-electron chi connectivity index (χ2n) is 6.74. The van der Waals surface area contributed by atoms with Gasteiger partial charge < -0.3 is 9.80 Å². The second kappa shape index (κ2) is 7.74. The minimum atomic E-state index is -0.232. The van der Waals surface area contributed by atoms with Gasteiger partial charge in [-0.1, -0.05) is 0 Å². The largest absolute Gasteiger partial charge is 0.363 e. The Kier molecular flexibility index (Phi) is 5.43. The Bertz CT molecular complexity index is 707. The first-order chi connectivity index (χ1) is 12.0. The lowest BCUT2D eigenvalue weighted by molar-refractivity contribution is 0.196. The first-order valence-corrected chi connectivity index (χ1v) is 8.57. The van der Waals surface area contributed by atoms with Crippen LogP contribution in [0, 0.1) is 5.82 Å². The number of pyridine rings is 1. The van der Waals surface area contributed by atoms with Crippen molar-refractivity contribution in [2.45, 2.75) is 25.4 Å². The van der Waals surface area contributed by atoms with E-state index in [-0.39, 0.29) is 5.82 Å². The molecule has 1 unspecified atom stereocenters. The van der Waals surface area contributed by atoms with Crippen molar-refractivity contribution in [3.8, 4) is 0 Å². The molecular weight excluding hydrogens is 319 g/mol. The summed E-state index contributed by atoms with van der Waals surface area (Å²) in [6.45, 7) is 2.49. The summed E-state index contributed by atoms with van der Waals surface area (Å²) < 4.78 is 13.9. The highest BCUT2D eigenvalue weighted by Gasteiger charge is 2.25. The molecule has 25 heavy (non-hydrogen) atoms. The van der Waals surface area contributed by atoms with Crippen molar-refractivity contribution in [1.29, 1.82) is 0 Å². The molecule has 134 valence electrons. The van der Waals surface area contributed by atoms with Crippen LogP contribution in [0.15, 0.2) is 30.9 Å². The number of hydrogen-bond acceptors (Lipinski definition) is 6. The molecule has 2 aromatic heterocycles. The molecule has 2 aromatic rings. The number of piperidine rings is 1. The normalized spacial score (nSPS) is 18.2. The van der Waals surface area contributed by atoms with Crippen LogP contribution in [0.1, 0.15) is 18.4 Å². The fraction of sp³-hybridized carbons (Fsp3) is 0.500. The van der Waals surface area contributed by atoms with Gasteiger partial charge in [0.05, 0.1) is 6.20 Å². The molecule has 7 heteroatoms. The number of anilines is 2. The number of halogens is 1. The van der Waals surface area contributed by atoms with Crippen molar-refractivity contribution < 1.29 is 4.39 Å². The van der Waals surface area contributed by atoms with Crippen LogP contribution in [-0.4, -0.2) is 60.1 Å². The third-order valence-corrected chi connectivity index (χ3v) is 4.74. The molecule has 3 rings (SSSR count). The van der Waals surface area contributed by atoms with Crippen LogP contribution >= 0.6 is 0 Å². The fourth-order valence-electron chi connectivity index (χ4n) is 3.23. The van der Waals surface area contributed by atoms with E-state index in [0.717, 1.165) is 37.6 Å². The summed E-state index contributed by atoms with van der Waals surface area (Å²) >= 11 is 0. The van der Waals surface area contributed by atoms with Crippen LogP contribution in [0.5, 0.6) is 0 Å². The minimum absolute atomic E-state index is 0.232. The molecule has 0 radical (unpaired) electrons. The maximum Gasteiger partial charge on any atom is 0.145 e. The van der Waals surface area contributed by atoms with Crippen molar-refractivity contribution >= 4 is 11.6 Å². The van der Waals surface area contributed by atoms with E-state index in [1.54, 1.807) is 18.6 Å². The monoisotopic (exact) mass is 344 g/mol. The van der Waals surface area contributed by atoms with E-state index < -0.39 is 0 Å². The van der Waals surface area contributed by atoms with Crippen molar-refractivity contribution in [2.75, 3.05) is 44.0 Å². The number of hydrogen-bond donors (Lipinski definition) is 0. The van der Waals surface area contributed by atoms with Crippen LogP contribution in [0.3, 0.4) is 0 Å². The van der Waals surface area contributed by atoms with Gasteiger partial charge >= 0.3 is 0 Å². The van der Waals surface area contributed by atoms with Gasteiger partial charge in [0.15, 0.2) is 0 Å². The van der Waals surface area contributed by atoms with Crippen molar-refractivity contribution in [2.24, 2.45) is 0 Å². The summed E-state index contributed by atoms with van der Waals surface area (Å²) in [5.74, 6) is 1.58. The molecule has 6 nitrogen and oxygen atoms in total. The average Bonchev–Trinajstić information content (AvgIpc) is 2.63. The van der Waals surface area contributed by atoms with Crippen LogP contribution in [0.2, 0.25) is 0 Å². The highest BCUT2D eigenvalue weighted by molar-refractivity contribution is 5.49. The van der Waals surface area contributed by atoms with Gasteiger partial charge in [-0.05, 0) is 25.5 Å². The number of nitrogens with zero attached hydrogens (tertiary/aromatic N) is 6. The Balaban J connectivity index is 1.68. The predicted octanol–water partition coefficient (Wildman–Crippen LogP) is 2.18. The Morgan fingerprint density at radius 2 is 2.04 bits per heavy atom. The van der Waals surface area contributed by atoms with E-state index in [0.29, 0.717) is 18.2 Å². The maximum absolute atomic E-state index is 13.9. The molecule has 0 aliphatic carbocycles. The quantitative estimate of drug-likeness (QED) is 0.829. The molecule has 1 aliphatic heterocycles. The van der Waals surface area contributed by atoms with Crippen LogP contribution < -0.4 is 9.80 Å². The van der Waals surface area contributed by atoms with E-state index >= 15 is 0 Å². The first-order valence-electron chi connectivity index (χ1n) is 8.57. The molecule has 0 aromatic carbocycles. The summed E-state index contributed by atoms with van der Waals surface area (Å²) in [5.41, 5.74) is 0.704. The summed E-state index contributed by atoms with van der Waals surface area (Å²) in [4.78, 5) is 19.0. The minimum Gasteiger partial charge on any atom is -0.363 e. The molecule has 1 aliphatic rings. The molecular formula is C18H25FN6. The zero-order valence-corrected chi connectivity index (χ0v) is 15.1. The van der Waals surface area contributed by atoms with Crippen LogP contribution in [0.25, 0.3) is 0 Å². The number of aromatic nitrogens is 3. The average molecular weight is 344 g/mol. The van der Waals surface area contributed by atoms with E-state index in [1.807, 2.05) is 25.1 Å². The van der Waals surface area contributed by atoms with Crippen molar-refractivity contribution in [1.82, 2.24) is 19.9 Å². The Morgan fingerprint density at radius 3 is 2.80 bits per heavy atom. The van der Waals surface area contributed by atoms with Gasteiger partial charge in [-0.3, -0.25) is 9.88 Å². The number of likely N-dealkylation sites (tertiary alicyclic amines) is 1. The van der Waals surface area contributed by atoms with Gasteiger partial charge in [0, 0.05) is 58.1 Å². The standard InChI is InChI=1S/C18H25FN6/c1-23(2)17-9-18(22-13-21-17)24(3)15-5-4-8-25(12-15)11-14-6-7-20-10-16(14)19/h6-7,9-10,13,15H,4-5,8,11-12H2,1-3H3. The van der Waals surface area contributed by atoms with E-state index in [2.05, 4.69) is 31.8 Å². The first kappa shape index (κ1) is 17.5. The Morgan fingerprint density at radius 1 is 1.24 bits per heavy atom. The zero-order valence-electron chi connectivity index (χ0n) is 15.1. The number of rotatable bonds is 5. The molecule has 3 heterocycles. The summed E-state index contributed by atoms with van der Waals surface area (Å²) in [7, 11) is 6.01. The van der Waals surface area contributed by atoms with Gasteiger partial charge in [0.2, 0.25) is 0 Å². The van der Waals surface area contributed by atoms with Gasteiger partial charge in [-0.25, -0.2) is 14.4 Å². The van der Waals surface area contributed by atoms with Crippen molar-refractivity contribution in [3.05, 3.63) is 42.2 Å². The van der Waals surface area contributed by atoms with E-state index in [9.17, 15) is 4.39 Å². The fourth-order valence-corrected chi connectivity index (χ4v) is 3.23. The third kappa shape index (κ3) is 4.22. The Hall–Kier alpha value is -2.28. The smallest absolute Gasteiger partial charge is 0.145 e. The molecule has 1 saturated heterocycles. The molecule has 1 atom stereocenters. The number of likely N-dealkylation sites (N-methyl/N-ethyl adjacent to an activating group) is 1. The summed E-state index contributed by atoms with van der Waals surface area (Å²) in [5, 5.41) is 0. The zero-order chi connectivity index (χ0) is 17.8. The highest BCUT2D eigenvalue weighted by Crippen LogP contribution is 2.23. The molecule has 0 bridgehead atoms. The van der Waals surface area contributed by atoms with Crippen LogP contribution in [0.4, 0.5) is 16.0 Å². The van der Waals surface area contributed by atoms with E-state index in [4.69, 9.17) is 0 Å². The van der Waals surface area contributed by atoms with Gasteiger partial charge in [-0.2, -0.15) is 0 Å². The highest BCUT2D eigenvalue weighted by atomic mass is 19.1. The lowest BCUT2D eigenvalue weighted by atomic mass is 10.0. The SMILES string of the molecule is CN(C)c1cc(N(C)C2CCCN(Cc3ccncc3F)C2)ncn1. The third-order valence-electron chi connectivity index (χ3n) is 4.74. The molecule has 0 N–H and O–H groups in total. The van der Waals surface area contributed by atoms with Gasteiger partial charge in [0.25, 0.3) is 0 Å². The molecule has 0 saturated carbocycles. The second-order valence-corrected chi connectivity index (χ2v) is 6.74. The molecule has 0 spiro atoms. The summed E-state index contributed by atoms with van der Waals surface area (Å²) in [6, 6.07) is 4.11. The summed E-state index contributed by atoms with van der Waals surface area (Å²) in [6.07, 6.45) is 6.73. The lowest BCUT2D eigenvalue weighted by Crippen LogP contribution is -2.46.